The second-order valence-electron chi connectivity index (χ2n) is 5.64. The van der Waals surface area contributed by atoms with E-state index in [1.165, 1.54) is 0 Å². The van der Waals surface area contributed by atoms with Crippen molar-refractivity contribution in [1.82, 2.24) is 4.90 Å². The average molecular weight is 344 g/mol. The van der Waals surface area contributed by atoms with Gasteiger partial charge in [0.1, 0.15) is 5.75 Å². The molecule has 2 aromatic carbocycles. The van der Waals surface area contributed by atoms with Crippen molar-refractivity contribution in [2.24, 2.45) is 0 Å². The third kappa shape index (κ3) is 5.39. The van der Waals surface area contributed by atoms with Crippen molar-refractivity contribution < 1.29 is 19.0 Å². The molecule has 0 saturated carbocycles. The molecule has 0 radical (unpaired) electrons. The second kappa shape index (κ2) is 8.94. The Morgan fingerprint density at radius 2 is 1.64 bits per heavy atom. The van der Waals surface area contributed by atoms with E-state index in [0.29, 0.717) is 18.0 Å². The first kappa shape index (κ1) is 18.6. The van der Waals surface area contributed by atoms with Crippen LogP contribution in [0.15, 0.2) is 42.5 Å². The zero-order valence-corrected chi connectivity index (χ0v) is 15.0. The van der Waals surface area contributed by atoms with Crippen LogP contribution in [0.5, 0.6) is 17.2 Å². The summed E-state index contributed by atoms with van der Waals surface area (Å²) in [6, 6.07) is 13.0. The maximum Gasteiger partial charge on any atom is 0.238 e. The Morgan fingerprint density at radius 1 is 0.960 bits per heavy atom. The second-order valence-corrected chi connectivity index (χ2v) is 5.64. The van der Waals surface area contributed by atoms with Crippen molar-refractivity contribution in [2.75, 3.05) is 40.2 Å². The highest BCUT2D eigenvalue weighted by Gasteiger charge is 2.10. The van der Waals surface area contributed by atoms with Gasteiger partial charge < -0.3 is 19.5 Å². The normalized spacial score (nSPS) is 10.4. The highest BCUT2D eigenvalue weighted by molar-refractivity contribution is 5.92. The first-order valence-corrected chi connectivity index (χ1v) is 7.89. The van der Waals surface area contributed by atoms with Gasteiger partial charge in [0.05, 0.1) is 27.9 Å². The van der Waals surface area contributed by atoms with Crippen molar-refractivity contribution in [3.8, 4) is 17.2 Å². The third-order valence-corrected chi connectivity index (χ3v) is 3.69. The number of amides is 1. The minimum absolute atomic E-state index is 0.0758. The first-order chi connectivity index (χ1) is 12.0. The van der Waals surface area contributed by atoms with Gasteiger partial charge in [0.15, 0.2) is 11.5 Å². The van der Waals surface area contributed by atoms with Crippen molar-refractivity contribution in [2.45, 2.75) is 6.54 Å². The molecule has 0 heterocycles. The molecule has 0 fully saturated rings. The predicted molar refractivity (Wildman–Crippen MR) is 97.5 cm³/mol. The van der Waals surface area contributed by atoms with E-state index < -0.39 is 0 Å². The largest absolute Gasteiger partial charge is 0.497 e. The Balaban J connectivity index is 1.90. The number of benzene rings is 2. The number of carbonyl (C=O) groups excluding carboxylic acids is 1. The molecule has 0 aliphatic carbocycles. The van der Waals surface area contributed by atoms with E-state index in [0.717, 1.165) is 17.0 Å². The van der Waals surface area contributed by atoms with Gasteiger partial charge >= 0.3 is 0 Å². The lowest BCUT2D eigenvalue weighted by Gasteiger charge is -2.17. The van der Waals surface area contributed by atoms with Gasteiger partial charge in [-0.1, -0.05) is 6.07 Å². The number of hydrogen-bond donors (Lipinski definition) is 1. The van der Waals surface area contributed by atoms with E-state index in [1.54, 1.807) is 21.3 Å². The van der Waals surface area contributed by atoms with Crippen LogP contribution in [-0.4, -0.2) is 45.7 Å². The fourth-order valence-corrected chi connectivity index (χ4v) is 2.47. The smallest absolute Gasteiger partial charge is 0.238 e. The van der Waals surface area contributed by atoms with Gasteiger partial charge in [0.25, 0.3) is 0 Å². The summed E-state index contributed by atoms with van der Waals surface area (Å²) in [6.07, 6.45) is 0. The summed E-state index contributed by atoms with van der Waals surface area (Å²) in [6.45, 7) is 0.900. The molecular weight excluding hydrogens is 320 g/mol. The molecule has 0 unspecified atom stereocenters. The van der Waals surface area contributed by atoms with Gasteiger partial charge in [0.2, 0.25) is 5.91 Å². The number of anilines is 1. The molecule has 6 heteroatoms. The Morgan fingerprint density at radius 3 is 2.24 bits per heavy atom. The molecule has 6 nitrogen and oxygen atoms in total. The third-order valence-electron chi connectivity index (χ3n) is 3.69. The number of likely N-dealkylation sites (N-methyl/N-ethyl adjacent to an activating group) is 1. The number of hydrogen-bond acceptors (Lipinski definition) is 5. The van der Waals surface area contributed by atoms with Gasteiger partial charge in [-0.3, -0.25) is 9.69 Å². The lowest BCUT2D eigenvalue weighted by molar-refractivity contribution is -0.117. The van der Waals surface area contributed by atoms with Crippen LogP contribution in [0.1, 0.15) is 5.56 Å². The summed E-state index contributed by atoms with van der Waals surface area (Å²) in [5.74, 6) is 2.04. The maximum atomic E-state index is 12.2. The molecular formula is C19H24N2O4. The molecule has 0 bridgehead atoms. The molecule has 0 aromatic heterocycles. The van der Waals surface area contributed by atoms with Crippen LogP contribution in [0, 0.1) is 0 Å². The summed E-state index contributed by atoms with van der Waals surface area (Å²) in [7, 11) is 6.71. The lowest BCUT2D eigenvalue weighted by Crippen LogP contribution is -2.29. The van der Waals surface area contributed by atoms with Crippen LogP contribution in [0.4, 0.5) is 5.69 Å². The molecule has 0 saturated heterocycles. The molecule has 25 heavy (non-hydrogen) atoms. The van der Waals surface area contributed by atoms with E-state index in [2.05, 4.69) is 5.32 Å². The van der Waals surface area contributed by atoms with Crippen LogP contribution in [-0.2, 0) is 11.3 Å². The standard InChI is InChI=1S/C19H24N2O4/c1-21(12-14-5-10-17(24-3)18(11-14)25-4)13-19(22)20-15-6-8-16(23-2)9-7-15/h5-11H,12-13H2,1-4H3,(H,20,22). The highest BCUT2D eigenvalue weighted by Crippen LogP contribution is 2.27. The van der Waals surface area contributed by atoms with E-state index in [1.807, 2.05) is 54.4 Å². The molecule has 2 rings (SSSR count). The van der Waals surface area contributed by atoms with Gasteiger partial charge in [-0.05, 0) is 49.0 Å². The summed E-state index contributed by atoms with van der Waals surface area (Å²) >= 11 is 0. The van der Waals surface area contributed by atoms with Crippen molar-refractivity contribution in [1.29, 1.82) is 0 Å². The molecule has 134 valence electrons. The monoisotopic (exact) mass is 344 g/mol. The Hall–Kier alpha value is -2.73. The van der Waals surface area contributed by atoms with Crippen molar-refractivity contribution in [3.63, 3.8) is 0 Å². The van der Waals surface area contributed by atoms with Crippen LogP contribution >= 0.6 is 0 Å². The van der Waals surface area contributed by atoms with Crippen LogP contribution in [0.2, 0.25) is 0 Å². The summed E-state index contributed by atoms with van der Waals surface area (Å²) in [5, 5.41) is 2.87. The molecule has 0 spiro atoms. The highest BCUT2D eigenvalue weighted by atomic mass is 16.5. The Kier molecular flexibility index (Phi) is 6.65. The summed E-state index contributed by atoms with van der Waals surface area (Å²) in [5.41, 5.74) is 1.78. The molecule has 1 amide bonds. The number of methoxy groups -OCH3 is 3. The van der Waals surface area contributed by atoms with Gasteiger partial charge in [0, 0.05) is 12.2 Å². The van der Waals surface area contributed by atoms with E-state index >= 15 is 0 Å². The number of nitrogens with one attached hydrogen (secondary N) is 1. The topological polar surface area (TPSA) is 60.0 Å². The molecule has 2 aromatic rings. The van der Waals surface area contributed by atoms with E-state index in [4.69, 9.17) is 14.2 Å². The fraction of sp³-hybridized carbons (Fsp3) is 0.316. The molecule has 0 aliphatic heterocycles. The number of rotatable bonds is 8. The predicted octanol–water partition coefficient (Wildman–Crippen LogP) is 2.78. The van der Waals surface area contributed by atoms with Crippen molar-refractivity contribution in [3.05, 3.63) is 48.0 Å². The molecule has 1 N–H and O–H groups in total. The first-order valence-electron chi connectivity index (χ1n) is 7.89. The minimum Gasteiger partial charge on any atom is -0.497 e. The van der Waals surface area contributed by atoms with Gasteiger partial charge in [-0.15, -0.1) is 0 Å². The number of carbonyl (C=O) groups is 1. The molecule has 0 atom stereocenters. The van der Waals surface area contributed by atoms with Crippen LogP contribution in [0.25, 0.3) is 0 Å². The zero-order valence-electron chi connectivity index (χ0n) is 15.0. The SMILES string of the molecule is COc1ccc(NC(=O)CN(C)Cc2ccc(OC)c(OC)c2)cc1. The zero-order chi connectivity index (χ0) is 18.2. The van der Waals surface area contributed by atoms with Crippen LogP contribution in [0.3, 0.4) is 0 Å². The summed E-state index contributed by atoms with van der Waals surface area (Å²) in [4.78, 5) is 14.1. The summed E-state index contributed by atoms with van der Waals surface area (Å²) < 4.78 is 15.6. The average Bonchev–Trinajstić information content (AvgIpc) is 2.62. The maximum absolute atomic E-state index is 12.2. The van der Waals surface area contributed by atoms with E-state index in [9.17, 15) is 4.79 Å². The lowest BCUT2D eigenvalue weighted by atomic mass is 10.2. The Labute approximate surface area is 148 Å². The Bertz CT molecular complexity index is 701. The van der Waals surface area contributed by atoms with E-state index in [-0.39, 0.29) is 12.5 Å². The van der Waals surface area contributed by atoms with Gasteiger partial charge in [-0.25, -0.2) is 0 Å². The van der Waals surface area contributed by atoms with Crippen LogP contribution < -0.4 is 19.5 Å². The van der Waals surface area contributed by atoms with Crippen molar-refractivity contribution >= 4 is 11.6 Å². The minimum atomic E-state index is -0.0758. The molecule has 0 aliphatic rings. The van der Waals surface area contributed by atoms with Gasteiger partial charge in [-0.2, -0.15) is 0 Å². The quantitative estimate of drug-likeness (QED) is 0.798. The fourth-order valence-electron chi connectivity index (χ4n) is 2.47. The number of nitrogens with zero attached hydrogens (tertiary/aromatic N) is 1. The number of ether oxygens (including phenoxy) is 3.